The molecule has 1 unspecified atom stereocenters. The van der Waals surface area contributed by atoms with Gasteiger partial charge in [-0.2, -0.15) is 0 Å². The lowest BCUT2D eigenvalue weighted by Gasteiger charge is -2.25. The van der Waals surface area contributed by atoms with Crippen LogP contribution in [0.2, 0.25) is 0 Å². The lowest BCUT2D eigenvalue weighted by Crippen LogP contribution is -2.33. The molecule has 224 valence electrons. The van der Waals surface area contributed by atoms with Crippen LogP contribution in [0.5, 0.6) is 0 Å². The average Bonchev–Trinajstić information content (AvgIpc) is 3.82. The zero-order chi connectivity index (χ0) is 31.3. The smallest absolute Gasteiger partial charge is 0.160 e. The van der Waals surface area contributed by atoms with Crippen LogP contribution in [-0.4, -0.2) is 16.7 Å². The third-order valence-electron chi connectivity index (χ3n) is 9.77. The minimum absolute atomic E-state index is 0.446. The van der Waals surface area contributed by atoms with Crippen LogP contribution in [0.1, 0.15) is 22.9 Å². The number of amidine groups is 2. The van der Waals surface area contributed by atoms with Gasteiger partial charge in [0.15, 0.2) is 11.4 Å². The molecule has 0 saturated heterocycles. The number of nitrogens with one attached hydrogen (secondary N) is 1. The lowest BCUT2D eigenvalue weighted by molar-refractivity contribution is 0.662. The number of rotatable bonds is 3. The summed E-state index contributed by atoms with van der Waals surface area (Å²) < 4.78 is 12.5. The third kappa shape index (κ3) is 3.48. The normalized spacial score (nSPS) is 15.3. The fraction of sp³-hybridized carbons (Fsp3) is 0.0238. The number of pyridine rings is 1. The summed E-state index contributed by atoms with van der Waals surface area (Å²) in [5.41, 5.74) is 11.9. The van der Waals surface area contributed by atoms with E-state index in [0.29, 0.717) is 11.7 Å². The second kappa shape index (κ2) is 9.50. The maximum Gasteiger partial charge on any atom is 0.160 e. The minimum atomic E-state index is -0.446. The van der Waals surface area contributed by atoms with E-state index < -0.39 is 6.17 Å². The van der Waals surface area contributed by atoms with E-state index in [2.05, 4.69) is 78.1 Å². The number of fused-ring (bicyclic) bond motifs is 9. The molecule has 4 heterocycles. The summed E-state index contributed by atoms with van der Waals surface area (Å²) in [6.07, 6.45) is 1.36. The van der Waals surface area contributed by atoms with Crippen molar-refractivity contribution in [2.75, 3.05) is 0 Å². The van der Waals surface area contributed by atoms with E-state index in [9.17, 15) is 0 Å². The topological polar surface area (TPSA) is 75.9 Å². The monoisotopic (exact) mass is 616 g/mol. The van der Waals surface area contributed by atoms with Gasteiger partial charge in [-0.1, -0.05) is 91.0 Å². The Hall–Kier alpha value is -6.53. The van der Waals surface area contributed by atoms with E-state index in [0.717, 1.165) is 66.1 Å². The Morgan fingerprint density at radius 3 is 2.04 bits per heavy atom. The van der Waals surface area contributed by atoms with Crippen LogP contribution in [0.15, 0.2) is 152 Å². The molecule has 6 heteroatoms. The fourth-order valence-electron chi connectivity index (χ4n) is 7.74. The second-order valence-corrected chi connectivity index (χ2v) is 12.3. The predicted molar refractivity (Wildman–Crippen MR) is 193 cm³/mol. The van der Waals surface area contributed by atoms with Crippen molar-refractivity contribution in [1.82, 2.24) is 10.3 Å². The van der Waals surface area contributed by atoms with Crippen molar-refractivity contribution in [3.05, 3.63) is 150 Å². The Balaban J connectivity index is 1.18. The number of furan rings is 2. The summed E-state index contributed by atoms with van der Waals surface area (Å²) in [6, 6.07) is 43.8. The molecule has 0 amide bonds. The highest BCUT2D eigenvalue weighted by molar-refractivity contribution is 6.26. The van der Waals surface area contributed by atoms with Gasteiger partial charge in [-0.15, -0.1) is 0 Å². The standard InChI is InChI=1S/C42H24N4O2/c1-2-10-24-23(9-1)25-12-5-13-26-28(21-20-27(24)36(25)26)40-44-41(30-14-6-17-33-37(30)29-11-3-4-16-32(29)47-33)46-42(45-40)31-15-7-18-34-38(31)39-35(48-34)19-8-22-43-39/h1-22,41H,(H,44,45,46). The van der Waals surface area contributed by atoms with E-state index in [1.165, 1.54) is 27.6 Å². The van der Waals surface area contributed by atoms with Crippen LogP contribution in [-0.2, 0) is 0 Å². The number of aromatic nitrogens is 1. The maximum atomic E-state index is 6.30. The van der Waals surface area contributed by atoms with Gasteiger partial charge in [0.25, 0.3) is 0 Å². The molecule has 1 N–H and O–H groups in total. The molecule has 0 fully saturated rings. The zero-order valence-electron chi connectivity index (χ0n) is 25.4. The first kappa shape index (κ1) is 25.6. The first-order valence-corrected chi connectivity index (χ1v) is 16.1. The molecule has 1 aliphatic heterocycles. The van der Waals surface area contributed by atoms with Gasteiger partial charge >= 0.3 is 0 Å². The first-order valence-electron chi connectivity index (χ1n) is 16.1. The number of hydrogen-bond acceptors (Lipinski definition) is 6. The maximum absolute atomic E-state index is 6.30. The summed E-state index contributed by atoms with van der Waals surface area (Å²) in [5.74, 6) is 1.37. The molecule has 0 bridgehead atoms. The summed E-state index contributed by atoms with van der Waals surface area (Å²) in [4.78, 5) is 15.4. The Morgan fingerprint density at radius 1 is 0.479 bits per heavy atom. The summed E-state index contributed by atoms with van der Waals surface area (Å²) in [7, 11) is 0. The molecular weight excluding hydrogens is 592 g/mol. The molecule has 6 nitrogen and oxygen atoms in total. The molecule has 48 heavy (non-hydrogen) atoms. The quantitative estimate of drug-likeness (QED) is 0.214. The van der Waals surface area contributed by atoms with Gasteiger partial charge in [0.2, 0.25) is 0 Å². The Labute approximate surface area is 273 Å². The second-order valence-electron chi connectivity index (χ2n) is 12.3. The van der Waals surface area contributed by atoms with Crippen LogP contribution < -0.4 is 5.32 Å². The van der Waals surface area contributed by atoms with E-state index in [1.54, 1.807) is 6.20 Å². The number of aliphatic imine (C=N–C) groups is 2. The van der Waals surface area contributed by atoms with E-state index in [1.807, 2.05) is 54.6 Å². The van der Waals surface area contributed by atoms with Crippen molar-refractivity contribution in [2.45, 2.75) is 6.17 Å². The Bertz CT molecular complexity index is 2860. The van der Waals surface area contributed by atoms with Crippen LogP contribution in [0, 0.1) is 0 Å². The third-order valence-corrected chi connectivity index (χ3v) is 9.77. The number of hydrogen-bond donors (Lipinski definition) is 1. The Kier molecular flexibility index (Phi) is 5.07. The van der Waals surface area contributed by atoms with Crippen molar-refractivity contribution in [1.29, 1.82) is 0 Å². The molecule has 0 radical (unpaired) electrons. The largest absolute Gasteiger partial charge is 0.456 e. The highest BCUT2D eigenvalue weighted by atomic mass is 16.3. The highest BCUT2D eigenvalue weighted by Crippen LogP contribution is 2.48. The molecule has 6 aromatic carbocycles. The molecule has 11 rings (SSSR count). The van der Waals surface area contributed by atoms with Gasteiger partial charge in [0.05, 0.1) is 5.39 Å². The van der Waals surface area contributed by atoms with Crippen molar-refractivity contribution < 1.29 is 8.83 Å². The SMILES string of the molecule is c1ccc2c(c1)-c1cccc3c(C4=NC(c5cccc6oc7ccccc7c56)NC(c5cccc6oc7cccnc7c56)=N4)ccc-2c13. The molecular formula is C42H24N4O2. The highest BCUT2D eigenvalue weighted by Gasteiger charge is 2.29. The van der Waals surface area contributed by atoms with Gasteiger partial charge in [-0.05, 0) is 69.4 Å². The van der Waals surface area contributed by atoms with E-state index in [-0.39, 0.29) is 0 Å². The zero-order valence-corrected chi connectivity index (χ0v) is 25.4. The molecule has 3 aromatic heterocycles. The van der Waals surface area contributed by atoms with E-state index >= 15 is 0 Å². The molecule has 2 aliphatic rings. The summed E-state index contributed by atoms with van der Waals surface area (Å²) in [6.45, 7) is 0. The molecule has 0 saturated carbocycles. The van der Waals surface area contributed by atoms with Gasteiger partial charge < -0.3 is 14.2 Å². The Morgan fingerprint density at radius 2 is 1.12 bits per heavy atom. The molecule has 1 atom stereocenters. The van der Waals surface area contributed by atoms with Crippen molar-refractivity contribution in [3.63, 3.8) is 0 Å². The van der Waals surface area contributed by atoms with Crippen LogP contribution >= 0.6 is 0 Å². The first-order chi connectivity index (χ1) is 23.8. The lowest BCUT2D eigenvalue weighted by atomic mass is 9.97. The van der Waals surface area contributed by atoms with Gasteiger partial charge in [0, 0.05) is 33.7 Å². The van der Waals surface area contributed by atoms with Crippen molar-refractivity contribution >= 4 is 66.5 Å². The molecule has 0 spiro atoms. The van der Waals surface area contributed by atoms with Crippen molar-refractivity contribution in [3.8, 4) is 22.3 Å². The summed E-state index contributed by atoms with van der Waals surface area (Å²) >= 11 is 0. The van der Waals surface area contributed by atoms with Crippen LogP contribution in [0.4, 0.5) is 0 Å². The van der Waals surface area contributed by atoms with Gasteiger partial charge in [-0.25, -0.2) is 9.98 Å². The number of nitrogens with zero attached hydrogens (tertiary/aromatic N) is 3. The van der Waals surface area contributed by atoms with Gasteiger partial charge in [-0.3, -0.25) is 4.98 Å². The fourth-order valence-corrected chi connectivity index (χ4v) is 7.74. The number of benzene rings is 6. The van der Waals surface area contributed by atoms with Gasteiger partial charge in [0.1, 0.15) is 34.3 Å². The number of para-hydroxylation sites is 1. The molecule has 1 aliphatic carbocycles. The molecule has 9 aromatic rings. The van der Waals surface area contributed by atoms with Crippen molar-refractivity contribution in [2.24, 2.45) is 9.98 Å². The average molecular weight is 617 g/mol. The predicted octanol–water partition coefficient (Wildman–Crippen LogP) is 10.2. The minimum Gasteiger partial charge on any atom is -0.456 e. The summed E-state index contributed by atoms with van der Waals surface area (Å²) in [5, 5.41) is 9.11. The van der Waals surface area contributed by atoms with Crippen LogP contribution in [0.25, 0.3) is 77.0 Å². The van der Waals surface area contributed by atoms with Crippen LogP contribution in [0.3, 0.4) is 0 Å². The van der Waals surface area contributed by atoms with E-state index in [4.69, 9.17) is 23.8 Å².